The highest BCUT2D eigenvalue weighted by Crippen LogP contribution is 2.63. The molecule has 1 fully saturated rings. The topological polar surface area (TPSA) is 76.1 Å². The van der Waals surface area contributed by atoms with Gasteiger partial charge in [-0.3, -0.25) is 9.59 Å². The molecule has 3 aliphatic rings. The van der Waals surface area contributed by atoms with Crippen LogP contribution in [0.25, 0.3) is 45.0 Å². The molecule has 1 saturated heterocycles. The van der Waals surface area contributed by atoms with Gasteiger partial charge in [-0.1, -0.05) is 115 Å². The molecular weight excluding hydrogens is 592 g/mol. The van der Waals surface area contributed by atoms with Crippen molar-refractivity contribution in [3.05, 3.63) is 144 Å². The van der Waals surface area contributed by atoms with Crippen molar-refractivity contribution in [2.24, 2.45) is 10.8 Å². The van der Waals surface area contributed by atoms with Crippen molar-refractivity contribution in [2.75, 3.05) is 4.90 Å². The highest BCUT2D eigenvalue weighted by atomic mass is 16.2. The number of anilines is 1. The van der Waals surface area contributed by atoms with E-state index < -0.39 is 16.2 Å². The monoisotopic (exact) mass is 624 g/mol. The Balaban J connectivity index is 1.30. The smallest absolute Gasteiger partial charge is 0.243 e. The van der Waals surface area contributed by atoms with Crippen LogP contribution in [0.5, 0.6) is 0 Å². The van der Waals surface area contributed by atoms with Crippen LogP contribution >= 0.6 is 0 Å². The summed E-state index contributed by atoms with van der Waals surface area (Å²) < 4.78 is 0. The van der Waals surface area contributed by atoms with E-state index in [9.17, 15) is 9.59 Å². The van der Waals surface area contributed by atoms with Crippen LogP contribution < -0.4 is 4.90 Å². The number of fused-ring (bicyclic) bond motifs is 10. The Morgan fingerprint density at radius 2 is 0.896 bits per heavy atom. The molecular formula is C42H32N4O2. The first-order valence-electron chi connectivity index (χ1n) is 16.3. The van der Waals surface area contributed by atoms with Crippen molar-refractivity contribution < 1.29 is 9.59 Å². The fourth-order valence-electron chi connectivity index (χ4n) is 7.91. The first-order valence-corrected chi connectivity index (χ1v) is 16.3. The van der Waals surface area contributed by atoms with Crippen LogP contribution in [0.1, 0.15) is 49.9 Å². The molecule has 6 heteroatoms. The second-order valence-corrected chi connectivity index (χ2v) is 14.0. The number of amides is 2. The van der Waals surface area contributed by atoms with Gasteiger partial charge in [0, 0.05) is 11.1 Å². The summed E-state index contributed by atoms with van der Waals surface area (Å²) in [5.41, 5.74) is 8.85. The lowest BCUT2D eigenvalue weighted by Crippen LogP contribution is -2.35. The minimum absolute atomic E-state index is 0.0440. The summed E-state index contributed by atoms with van der Waals surface area (Å²) in [6.45, 7) is 7.23. The maximum Gasteiger partial charge on any atom is 0.243 e. The van der Waals surface area contributed by atoms with Gasteiger partial charge >= 0.3 is 0 Å². The lowest BCUT2D eigenvalue weighted by molar-refractivity contribution is -0.129. The van der Waals surface area contributed by atoms with E-state index in [-0.39, 0.29) is 17.8 Å². The second-order valence-electron chi connectivity index (χ2n) is 14.0. The number of hydrogen-bond donors (Lipinski definition) is 0. The lowest BCUT2D eigenvalue weighted by Gasteiger charge is -2.30. The van der Waals surface area contributed by atoms with E-state index >= 15 is 0 Å². The molecule has 6 nitrogen and oxygen atoms in total. The minimum atomic E-state index is -0.932. The molecule has 5 aromatic carbocycles. The zero-order chi connectivity index (χ0) is 33.0. The summed E-state index contributed by atoms with van der Waals surface area (Å²) in [5, 5.41) is 0. The number of imide groups is 1. The number of rotatable bonds is 3. The molecule has 1 aromatic heterocycles. The van der Waals surface area contributed by atoms with Crippen molar-refractivity contribution >= 4 is 17.8 Å². The molecule has 0 radical (unpaired) electrons. The van der Waals surface area contributed by atoms with Crippen LogP contribution in [0.2, 0.25) is 0 Å². The summed E-state index contributed by atoms with van der Waals surface area (Å²) in [6, 6.07) is 42.0. The molecule has 6 aromatic rings. The van der Waals surface area contributed by atoms with E-state index in [4.69, 9.17) is 15.0 Å². The normalized spacial score (nSPS) is 17.3. The molecule has 232 valence electrons. The first kappa shape index (κ1) is 28.5. The van der Waals surface area contributed by atoms with E-state index in [1.807, 2.05) is 64.1 Å². The predicted molar refractivity (Wildman–Crippen MR) is 187 cm³/mol. The van der Waals surface area contributed by atoms with Gasteiger partial charge in [-0.2, -0.15) is 9.97 Å². The standard InChI is InChI=1S/C42H32N4O2/c1-40(2)37(47)46(38(48)41(40,3)4)39-44-35(25-14-6-5-7-15-25)43-36(45-39)26-22-23-30-29-18-10-13-21-33(29)42(34(30)24-26)31-19-11-8-16-27(31)28-17-9-12-20-32(28)42/h5-24H,1-4H3. The van der Waals surface area contributed by atoms with Gasteiger partial charge in [0.2, 0.25) is 17.8 Å². The van der Waals surface area contributed by atoms with Crippen LogP contribution in [0.3, 0.4) is 0 Å². The largest absolute Gasteiger partial charge is 0.273 e. The molecule has 0 atom stereocenters. The molecule has 0 N–H and O–H groups in total. The molecule has 0 bridgehead atoms. The van der Waals surface area contributed by atoms with Crippen molar-refractivity contribution in [2.45, 2.75) is 33.1 Å². The van der Waals surface area contributed by atoms with Crippen LogP contribution in [0.4, 0.5) is 5.95 Å². The molecule has 2 aliphatic carbocycles. The van der Waals surface area contributed by atoms with E-state index in [2.05, 4.69) is 84.9 Å². The average molecular weight is 625 g/mol. The van der Waals surface area contributed by atoms with Gasteiger partial charge in [-0.05, 0) is 78.3 Å². The summed E-state index contributed by atoms with van der Waals surface area (Å²) in [7, 11) is 0. The fraction of sp³-hybridized carbons (Fsp3) is 0.167. The van der Waals surface area contributed by atoms with Crippen molar-refractivity contribution in [3.63, 3.8) is 0 Å². The van der Waals surface area contributed by atoms with Gasteiger partial charge < -0.3 is 0 Å². The average Bonchev–Trinajstić information content (AvgIpc) is 3.62. The van der Waals surface area contributed by atoms with Crippen LogP contribution in [-0.4, -0.2) is 26.8 Å². The fourth-order valence-corrected chi connectivity index (χ4v) is 7.91. The Bertz CT molecular complexity index is 2270. The van der Waals surface area contributed by atoms with Crippen LogP contribution in [-0.2, 0) is 15.0 Å². The number of carbonyl (C=O) groups is 2. The quantitative estimate of drug-likeness (QED) is 0.184. The molecule has 2 heterocycles. The van der Waals surface area contributed by atoms with Gasteiger partial charge in [-0.15, -0.1) is 0 Å². The first-order chi connectivity index (χ1) is 23.2. The molecule has 0 saturated carbocycles. The third-order valence-corrected chi connectivity index (χ3v) is 11.1. The van der Waals surface area contributed by atoms with Gasteiger partial charge in [0.05, 0.1) is 16.2 Å². The number of aromatic nitrogens is 3. The summed E-state index contributed by atoms with van der Waals surface area (Å²) in [4.78, 5) is 43.4. The van der Waals surface area contributed by atoms with E-state index in [0.29, 0.717) is 11.6 Å². The Morgan fingerprint density at radius 1 is 0.458 bits per heavy atom. The van der Waals surface area contributed by atoms with E-state index in [0.717, 1.165) is 27.2 Å². The number of carbonyl (C=O) groups excluding carboxylic acids is 2. The van der Waals surface area contributed by atoms with Crippen LogP contribution in [0.15, 0.2) is 121 Å². The molecule has 9 rings (SSSR count). The zero-order valence-corrected chi connectivity index (χ0v) is 27.2. The summed E-state index contributed by atoms with van der Waals surface area (Å²) in [6.07, 6.45) is 0. The zero-order valence-electron chi connectivity index (χ0n) is 27.2. The maximum atomic E-state index is 13.8. The van der Waals surface area contributed by atoms with Crippen molar-refractivity contribution in [3.8, 4) is 45.0 Å². The third-order valence-electron chi connectivity index (χ3n) is 11.1. The Morgan fingerprint density at radius 3 is 1.42 bits per heavy atom. The summed E-state index contributed by atoms with van der Waals surface area (Å²) >= 11 is 0. The number of hydrogen-bond acceptors (Lipinski definition) is 5. The van der Waals surface area contributed by atoms with Gasteiger partial charge in [-0.25, -0.2) is 9.88 Å². The number of benzene rings is 5. The Hall–Kier alpha value is -5.75. The number of nitrogens with zero attached hydrogens (tertiary/aromatic N) is 4. The van der Waals surface area contributed by atoms with Crippen molar-refractivity contribution in [1.82, 2.24) is 15.0 Å². The minimum Gasteiger partial charge on any atom is -0.273 e. The van der Waals surface area contributed by atoms with Gasteiger partial charge in [0.15, 0.2) is 11.6 Å². The Labute approximate surface area is 279 Å². The molecule has 2 amide bonds. The van der Waals surface area contributed by atoms with Gasteiger partial charge in [0.1, 0.15) is 0 Å². The molecule has 1 aliphatic heterocycles. The predicted octanol–water partition coefficient (Wildman–Crippen LogP) is 8.47. The second kappa shape index (κ2) is 9.64. The SMILES string of the molecule is CC1(C)C(=O)N(c2nc(-c3ccccc3)nc(-c3ccc4c(c3)C3(c5ccccc5-c5ccccc53)c3ccccc3-4)n2)C(=O)C1(C)C. The highest BCUT2D eigenvalue weighted by Gasteiger charge is 2.60. The van der Waals surface area contributed by atoms with Crippen molar-refractivity contribution in [1.29, 1.82) is 0 Å². The molecule has 0 unspecified atom stereocenters. The Kier molecular flexibility index (Phi) is 5.72. The summed E-state index contributed by atoms with van der Waals surface area (Å²) in [5.74, 6) is 0.194. The van der Waals surface area contributed by atoms with Crippen LogP contribution in [0, 0.1) is 10.8 Å². The van der Waals surface area contributed by atoms with E-state index in [1.54, 1.807) is 0 Å². The highest BCUT2D eigenvalue weighted by molar-refractivity contribution is 6.24. The molecule has 48 heavy (non-hydrogen) atoms. The van der Waals surface area contributed by atoms with E-state index in [1.165, 1.54) is 33.4 Å². The van der Waals surface area contributed by atoms with Gasteiger partial charge in [0.25, 0.3) is 0 Å². The molecule has 1 spiro atoms. The maximum absolute atomic E-state index is 13.8. The lowest BCUT2D eigenvalue weighted by atomic mass is 9.70. The third kappa shape index (κ3) is 3.49.